The average Bonchev–Trinajstić information content (AvgIpc) is 3.28. The van der Waals surface area contributed by atoms with Crippen LogP contribution in [0.15, 0.2) is 24.5 Å². The summed E-state index contributed by atoms with van der Waals surface area (Å²) >= 11 is 0. The van der Waals surface area contributed by atoms with Gasteiger partial charge in [-0.15, -0.1) is 0 Å². The van der Waals surface area contributed by atoms with Gasteiger partial charge >= 0.3 is 0 Å². The first-order valence-corrected chi connectivity index (χ1v) is 7.74. The Morgan fingerprint density at radius 3 is 3.05 bits per heavy atom. The van der Waals surface area contributed by atoms with Crippen molar-refractivity contribution in [2.24, 2.45) is 11.8 Å². The number of hydrogen-bond donors (Lipinski definition) is 0. The summed E-state index contributed by atoms with van der Waals surface area (Å²) in [6.45, 7) is 3.25. The van der Waals surface area contributed by atoms with Gasteiger partial charge in [-0.1, -0.05) is 12.2 Å². The minimum atomic E-state index is 0.671. The molecule has 0 amide bonds. The van der Waals surface area contributed by atoms with E-state index in [0.717, 1.165) is 23.8 Å². The van der Waals surface area contributed by atoms with Crippen LogP contribution in [0.4, 0.5) is 0 Å². The van der Waals surface area contributed by atoms with Crippen molar-refractivity contribution >= 4 is 6.08 Å². The minimum Gasteiger partial charge on any atom is -0.492 e. The van der Waals surface area contributed by atoms with E-state index in [1.54, 1.807) is 0 Å². The topological polar surface area (TPSA) is 25.4 Å². The molecule has 1 atom stereocenters. The number of hydrogen-bond acceptors (Lipinski definition) is 3. The Morgan fingerprint density at radius 2 is 2.25 bits per heavy atom. The minimum absolute atomic E-state index is 0.671. The zero-order valence-corrected chi connectivity index (χ0v) is 12.3. The monoisotopic (exact) mass is 272 g/mol. The molecule has 20 heavy (non-hydrogen) atoms. The van der Waals surface area contributed by atoms with Crippen molar-refractivity contribution < 1.29 is 4.74 Å². The molecule has 0 spiro atoms. The first-order chi connectivity index (χ1) is 9.79. The summed E-state index contributed by atoms with van der Waals surface area (Å²) in [5.74, 6) is 2.36. The van der Waals surface area contributed by atoms with Crippen LogP contribution in [0.5, 0.6) is 5.75 Å². The van der Waals surface area contributed by atoms with E-state index < -0.39 is 0 Å². The Morgan fingerprint density at radius 1 is 1.35 bits per heavy atom. The van der Waals surface area contributed by atoms with Crippen molar-refractivity contribution in [3.8, 4) is 5.75 Å². The van der Waals surface area contributed by atoms with Gasteiger partial charge < -0.3 is 9.64 Å². The summed E-state index contributed by atoms with van der Waals surface area (Å²) in [5, 5.41) is 0. The maximum atomic E-state index is 5.77. The molecule has 0 unspecified atom stereocenters. The highest BCUT2D eigenvalue weighted by atomic mass is 16.5. The third-order valence-corrected chi connectivity index (χ3v) is 4.14. The second-order valence-electron chi connectivity index (χ2n) is 6.23. The Kier molecular flexibility index (Phi) is 4.36. The Labute approximate surface area is 121 Å². The van der Waals surface area contributed by atoms with Crippen LogP contribution in [0, 0.1) is 11.8 Å². The molecule has 1 aliphatic carbocycles. The molecule has 0 bridgehead atoms. The van der Waals surface area contributed by atoms with Gasteiger partial charge in [-0.05, 0) is 62.7 Å². The number of aromatic nitrogens is 1. The molecule has 3 rings (SSSR count). The maximum absolute atomic E-state index is 5.77. The van der Waals surface area contributed by atoms with Crippen LogP contribution in [0.2, 0.25) is 0 Å². The van der Waals surface area contributed by atoms with E-state index >= 15 is 0 Å². The average molecular weight is 272 g/mol. The van der Waals surface area contributed by atoms with E-state index in [2.05, 4.69) is 35.1 Å². The molecular weight excluding hydrogens is 248 g/mol. The number of pyridine rings is 1. The predicted octanol–water partition coefficient (Wildman–Crippen LogP) is 3.23. The summed E-state index contributed by atoms with van der Waals surface area (Å²) in [4.78, 5) is 6.68. The van der Waals surface area contributed by atoms with Gasteiger partial charge in [-0.2, -0.15) is 0 Å². The van der Waals surface area contributed by atoms with Gasteiger partial charge in [-0.3, -0.25) is 4.98 Å². The van der Waals surface area contributed by atoms with Crippen LogP contribution >= 0.6 is 0 Å². The molecular formula is C17H24N2O. The highest BCUT2D eigenvalue weighted by Crippen LogP contribution is 2.29. The highest BCUT2D eigenvalue weighted by molar-refractivity contribution is 5.50. The van der Waals surface area contributed by atoms with Crippen LogP contribution in [-0.4, -0.2) is 36.6 Å². The van der Waals surface area contributed by atoms with Gasteiger partial charge in [0.2, 0.25) is 0 Å². The Bertz CT molecular complexity index is 468. The number of ether oxygens (including phenoxy) is 1. The summed E-state index contributed by atoms with van der Waals surface area (Å²) in [7, 11) is 2.20. The van der Waals surface area contributed by atoms with Gasteiger partial charge in [0.05, 0.1) is 12.8 Å². The van der Waals surface area contributed by atoms with E-state index in [-0.39, 0.29) is 0 Å². The maximum Gasteiger partial charge on any atom is 0.138 e. The number of piperidine rings is 1. The number of rotatable bonds is 5. The van der Waals surface area contributed by atoms with Crippen LogP contribution in [0.3, 0.4) is 0 Å². The molecule has 3 heteroatoms. The van der Waals surface area contributed by atoms with E-state index in [4.69, 9.17) is 4.74 Å². The molecule has 0 aromatic carbocycles. The fourth-order valence-electron chi connectivity index (χ4n) is 2.71. The van der Waals surface area contributed by atoms with Crippen LogP contribution in [-0.2, 0) is 0 Å². The van der Waals surface area contributed by atoms with E-state index in [1.807, 2.05) is 12.4 Å². The Hall–Kier alpha value is -1.35. The second-order valence-corrected chi connectivity index (χ2v) is 6.23. The lowest BCUT2D eigenvalue weighted by atomic mass is 9.97. The smallest absolute Gasteiger partial charge is 0.138 e. The molecule has 1 aliphatic heterocycles. The lowest BCUT2D eigenvalue weighted by Gasteiger charge is -2.27. The van der Waals surface area contributed by atoms with Gasteiger partial charge in [0.15, 0.2) is 0 Å². The van der Waals surface area contributed by atoms with Crippen molar-refractivity contribution in [3.63, 3.8) is 0 Å². The summed E-state index contributed by atoms with van der Waals surface area (Å²) in [6.07, 6.45) is 13.5. The molecule has 1 saturated heterocycles. The van der Waals surface area contributed by atoms with Gasteiger partial charge in [0.1, 0.15) is 5.75 Å². The standard InChI is InChI=1S/C17H24N2O/c1-19-8-2-3-14(12-19)4-7-16-9-17(11-18-10-16)20-13-15-5-6-15/h4,7,9-11,14-15H,2-3,5-6,8,12-13H2,1H3/t14-/m0/s1. The molecule has 2 heterocycles. The van der Waals surface area contributed by atoms with Crippen LogP contribution in [0.25, 0.3) is 6.08 Å². The van der Waals surface area contributed by atoms with Gasteiger partial charge in [-0.25, -0.2) is 0 Å². The largest absolute Gasteiger partial charge is 0.492 e. The first kappa shape index (κ1) is 13.6. The third-order valence-electron chi connectivity index (χ3n) is 4.14. The lowest BCUT2D eigenvalue weighted by Crippen LogP contribution is -2.30. The summed E-state index contributed by atoms with van der Waals surface area (Å²) in [5.41, 5.74) is 1.14. The number of nitrogens with zero attached hydrogens (tertiary/aromatic N) is 2. The molecule has 1 aromatic rings. The molecule has 0 radical (unpaired) electrons. The van der Waals surface area contributed by atoms with Crippen molar-refractivity contribution in [1.29, 1.82) is 0 Å². The van der Waals surface area contributed by atoms with Crippen LogP contribution < -0.4 is 4.74 Å². The van der Waals surface area contributed by atoms with Crippen molar-refractivity contribution in [3.05, 3.63) is 30.1 Å². The number of likely N-dealkylation sites (tertiary alicyclic amines) is 1. The third kappa shape index (κ3) is 4.07. The fraction of sp³-hybridized carbons (Fsp3) is 0.588. The molecule has 1 aromatic heterocycles. The normalized spacial score (nSPS) is 24.1. The first-order valence-electron chi connectivity index (χ1n) is 7.74. The zero-order valence-electron chi connectivity index (χ0n) is 12.3. The molecule has 108 valence electrons. The van der Waals surface area contributed by atoms with Gasteiger partial charge in [0.25, 0.3) is 0 Å². The fourth-order valence-corrected chi connectivity index (χ4v) is 2.71. The van der Waals surface area contributed by atoms with Crippen molar-refractivity contribution in [2.75, 3.05) is 26.7 Å². The van der Waals surface area contributed by atoms with Crippen molar-refractivity contribution in [1.82, 2.24) is 9.88 Å². The SMILES string of the molecule is CN1CCC[C@@H](C=Cc2cncc(OCC3CC3)c2)C1. The molecule has 0 N–H and O–H groups in total. The molecule has 2 aliphatic rings. The summed E-state index contributed by atoms with van der Waals surface area (Å²) < 4.78 is 5.77. The van der Waals surface area contributed by atoms with E-state index in [9.17, 15) is 0 Å². The summed E-state index contributed by atoms with van der Waals surface area (Å²) in [6, 6.07) is 2.10. The van der Waals surface area contributed by atoms with E-state index in [1.165, 1.54) is 38.8 Å². The zero-order chi connectivity index (χ0) is 13.8. The predicted molar refractivity (Wildman–Crippen MR) is 81.7 cm³/mol. The molecule has 2 fully saturated rings. The molecule has 3 nitrogen and oxygen atoms in total. The second kappa shape index (κ2) is 6.40. The van der Waals surface area contributed by atoms with Crippen molar-refractivity contribution in [2.45, 2.75) is 25.7 Å². The van der Waals surface area contributed by atoms with E-state index in [0.29, 0.717) is 5.92 Å². The molecule has 1 saturated carbocycles. The van der Waals surface area contributed by atoms with Gasteiger partial charge in [0, 0.05) is 12.7 Å². The quantitative estimate of drug-likeness (QED) is 0.823. The Balaban J connectivity index is 1.56. The highest BCUT2D eigenvalue weighted by Gasteiger charge is 2.21. The van der Waals surface area contributed by atoms with Crippen LogP contribution in [0.1, 0.15) is 31.2 Å². The lowest BCUT2D eigenvalue weighted by molar-refractivity contribution is 0.238.